The molecule has 1 aliphatic rings. The number of anilines is 1. The maximum Gasteiger partial charge on any atom is 0.123 e. The molecule has 2 unspecified atom stereocenters. The van der Waals surface area contributed by atoms with E-state index >= 15 is 0 Å². The highest BCUT2D eigenvalue weighted by Crippen LogP contribution is 2.30. The number of rotatable bonds is 3. The largest absolute Gasteiger partial charge is 0.489 e. The normalized spacial score (nSPS) is 18.4. The van der Waals surface area contributed by atoms with Crippen molar-refractivity contribution < 1.29 is 13.3 Å². The van der Waals surface area contributed by atoms with Gasteiger partial charge >= 0.3 is 0 Å². The van der Waals surface area contributed by atoms with Crippen LogP contribution >= 0.6 is 0 Å². The molecule has 2 atom stereocenters. The Morgan fingerprint density at radius 2 is 2.30 bits per heavy atom. The van der Waals surface area contributed by atoms with Crippen LogP contribution in [0.25, 0.3) is 0 Å². The molecule has 1 aromatic carbocycles. The van der Waals surface area contributed by atoms with Crippen molar-refractivity contribution in [2.45, 2.75) is 17.4 Å². The minimum Gasteiger partial charge on any atom is -0.489 e. The minimum atomic E-state index is -1.26. The Morgan fingerprint density at radius 1 is 1.45 bits per heavy atom. The summed E-state index contributed by atoms with van der Waals surface area (Å²) in [6.07, 6.45) is 3.38. The second-order valence-electron chi connectivity index (χ2n) is 4.62. The molecule has 3 rings (SSSR count). The Balaban J connectivity index is 1.72. The second-order valence-corrected chi connectivity index (χ2v) is 6.09. The van der Waals surface area contributed by atoms with Crippen molar-refractivity contribution in [3.05, 3.63) is 48.0 Å². The van der Waals surface area contributed by atoms with Gasteiger partial charge in [0.2, 0.25) is 0 Å². The first-order valence-electron chi connectivity index (χ1n) is 6.16. The van der Waals surface area contributed by atoms with Crippen molar-refractivity contribution in [1.29, 1.82) is 0 Å². The number of hydrogen-bond acceptors (Lipinski definition) is 4. The van der Waals surface area contributed by atoms with Crippen LogP contribution in [0.15, 0.2) is 41.6 Å². The molecule has 0 amide bonds. The van der Waals surface area contributed by atoms with E-state index in [1.807, 2.05) is 0 Å². The molecule has 20 heavy (non-hydrogen) atoms. The number of nitrogens with zero attached hydrogens (tertiary/aromatic N) is 1. The number of benzene rings is 1. The van der Waals surface area contributed by atoms with E-state index in [0.29, 0.717) is 28.5 Å². The third-order valence-corrected chi connectivity index (χ3v) is 4.69. The van der Waals surface area contributed by atoms with Gasteiger partial charge < -0.3 is 10.5 Å². The van der Waals surface area contributed by atoms with Crippen LogP contribution in [0.3, 0.4) is 0 Å². The van der Waals surface area contributed by atoms with Crippen LogP contribution in [-0.2, 0) is 17.2 Å². The lowest BCUT2D eigenvalue weighted by molar-refractivity contribution is 0.258. The van der Waals surface area contributed by atoms with Crippen LogP contribution in [-0.4, -0.2) is 21.0 Å². The van der Waals surface area contributed by atoms with Gasteiger partial charge in [0.15, 0.2) is 0 Å². The number of nitrogen functional groups attached to an aromatic ring is 1. The SMILES string of the molecule is Nc1cnccc1S(=O)CC1Cc2cc(F)ccc2O1. The van der Waals surface area contributed by atoms with E-state index in [1.54, 1.807) is 18.3 Å². The summed E-state index contributed by atoms with van der Waals surface area (Å²) in [5, 5.41) is 0. The van der Waals surface area contributed by atoms with E-state index in [4.69, 9.17) is 10.5 Å². The number of ether oxygens (including phenoxy) is 1. The van der Waals surface area contributed by atoms with E-state index in [0.717, 1.165) is 5.56 Å². The van der Waals surface area contributed by atoms with Gasteiger partial charge in [0, 0.05) is 18.2 Å². The fourth-order valence-corrected chi connectivity index (χ4v) is 3.47. The second kappa shape index (κ2) is 5.20. The number of aromatic nitrogens is 1. The maximum absolute atomic E-state index is 13.1. The Bertz CT molecular complexity index is 678. The molecule has 104 valence electrons. The van der Waals surface area contributed by atoms with Gasteiger partial charge in [-0.2, -0.15) is 0 Å². The summed E-state index contributed by atoms with van der Waals surface area (Å²) in [6.45, 7) is 0. The van der Waals surface area contributed by atoms with Crippen LogP contribution in [0.4, 0.5) is 10.1 Å². The van der Waals surface area contributed by atoms with Crippen molar-refractivity contribution in [3.63, 3.8) is 0 Å². The summed E-state index contributed by atoms with van der Waals surface area (Å²) < 4.78 is 31.1. The predicted molar refractivity (Wildman–Crippen MR) is 74.4 cm³/mol. The van der Waals surface area contributed by atoms with Gasteiger partial charge in [0.25, 0.3) is 0 Å². The molecule has 6 heteroatoms. The Labute approximate surface area is 118 Å². The number of pyridine rings is 1. The maximum atomic E-state index is 13.1. The minimum absolute atomic E-state index is 0.222. The number of halogens is 1. The van der Waals surface area contributed by atoms with Gasteiger partial charge in [-0.1, -0.05) is 0 Å². The van der Waals surface area contributed by atoms with E-state index in [-0.39, 0.29) is 11.9 Å². The molecule has 1 aliphatic heterocycles. The van der Waals surface area contributed by atoms with Crippen molar-refractivity contribution >= 4 is 16.5 Å². The first-order valence-corrected chi connectivity index (χ1v) is 7.48. The van der Waals surface area contributed by atoms with Crippen LogP contribution in [0.2, 0.25) is 0 Å². The summed E-state index contributed by atoms with van der Waals surface area (Å²) in [5.41, 5.74) is 6.98. The molecule has 0 fully saturated rings. The molecule has 0 aliphatic carbocycles. The van der Waals surface area contributed by atoms with Gasteiger partial charge in [-0.15, -0.1) is 0 Å². The smallest absolute Gasteiger partial charge is 0.123 e. The fourth-order valence-electron chi connectivity index (χ4n) is 2.24. The molecule has 0 spiro atoms. The lowest BCUT2D eigenvalue weighted by Gasteiger charge is -2.11. The van der Waals surface area contributed by atoms with Gasteiger partial charge in [0.05, 0.1) is 33.3 Å². The molecule has 0 bridgehead atoms. The summed E-state index contributed by atoms with van der Waals surface area (Å²) in [5.74, 6) is 0.702. The Hall–Kier alpha value is -1.95. The quantitative estimate of drug-likeness (QED) is 0.938. The van der Waals surface area contributed by atoms with E-state index < -0.39 is 10.8 Å². The summed E-state index contributed by atoms with van der Waals surface area (Å²) >= 11 is 0. The highest BCUT2D eigenvalue weighted by atomic mass is 32.2. The van der Waals surface area contributed by atoms with Crippen molar-refractivity contribution in [3.8, 4) is 5.75 Å². The van der Waals surface area contributed by atoms with E-state index in [9.17, 15) is 8.60 Å². The highest BCUT2D eigenvalue weighted by molar-refractivity contribution is 7.85. The van der Waals surface area contributed by atoms with Crippen LogP contribution in [0.1, 0.15) is 5.56 Å². The number of fused-ring (bicyclic) bond motifs is 1. The average Bonchev–Trinajstić information content (AvgIpc) is 2.80. The molecule has 2 aromatic rings. The third-order valence-electron chi connectivity index (χ3n) is 3.16. The van der Waals surface area contributed by atoms with E-state index in [1.165, 1.54) is 18.3 Å². The Morgan fingerprint density at radius 3 is 3.10 bits per heavy atom. The Kier molecular flexibility index (Phi) is 3.40. The predicted octanol–water partition coefficient (Wildman–Crippen LogP) is 1.91. The van der Waals surface area contributed by atoms with Crippen LogP contribution in [0, 0.1) is 5.82 Å². The number of hydrogen-bond donors (Lipinski definition) is 1. The van der Waals surface area contributed by atoms with Crippen molar-refractivity contribution in [2.24, 2.45) is 0 Å². The van der Waals surface area contributed by atoms with Crippen molar-refractivity contribution in [2.75, 3.05) is 11.5 Å². The molecular weight excluding hydrogens is 279 g/mol. The van der Waals surface area contributed by atoms with Crippen molar-refractivity contribution in [1.82, 2.24) is 4.98 Å². The third kappa shape index (κ3) is 2.51. The molecule has 0 saturated heterocycles. The first kappa shape index (κ1) is 13.1. The zero-order valence-corrected chi connectivity index (χ0v) is 11.4. The standard InChI is InChI=1S/C14H13FN2O2S/c15-10-1-2-13-9(5-10)6-11(19-13)8-20(18)14-3-4-17-7-12(14)16/h1-5,7,11H,6,8,16H2. The van der Waals surface area contributed by atoms with Gasteiger partial charge in [-0.05, 0) is 24.3 Å². The average molecular weight is 292 g/mol. The summed E-state index contributed by atoms with van der Waals surface area (Å²) in [6, 6.07) is 6.07. The monoisotopic (exact) mass is 292 g/mol. The molecular formula is C14H13FN2O2S. The first-order chi connectivity index (χ1) is 9.63. The van der Waals surface area contributed by atoms with Crippen LogP contribution < -0.4 is 10.5 Å². The van der Waals surface area contributed by atoms with Crippen LogP contribution in [0.5, 0.6) is 5.75 Å². The molecule has 0 radical (unpaired) electrons. The number of nitrogens with two attached hydrogens (primary N) is 1. The molecule has 2 N–H and O–H groups in total. The highest BCUT2D eigenvalue weighted by Gasteiger charge is 2.26. The molecule has 1 aromatic heterocycles. The summed E-state index contributed by atoms with van der Waals surface area (Å²) in [7, 11) is -1.26. The lowest BCUT2D eigenvalue weighted by atomic mass is 10.1. The van der Waals surface area contributed by atoms with Gasteiger partial charge in [-0.3, -0.25) is 9.19 Å². The van der Waals surface area contributed by atoms with Gasteiger partial charge in [-0.25, -0.2) is 4.39 Å². The molecule has 4 nitrogen and oxygen atoms in total. The zero-order chi connectivity index (χ0) is 14.1. The molecule has 2 heterocycles. The lowest BCUT2D eigenvalue weighted by Crippen LogP contribution is -2.22. The van der Waals surface area contributed by atoms with E-state index in [2.05, 4.69) is 4.98 Å². The molecule has 0 saturated carbocycles. The zero-order valence-electron chi connectivity index (χ0n) is 10.6. The topological polar surface area (TPSA) is 65.2 Å². The van der Waals surface area contributed by atoms with Gasteiger partial charge in [0.1, 0.15) is 17.7 Å². The summed E-state index contributed by atoms with van der Waals surface area (Å²) in [4.78, 5) is 4.43. The fraction of sp³-hybridized carbons (Fsp3) is 0.214.